The summed E-state index contributed by atoms with van der Waals surface area (Å²) in [5, 5.41) is 0. The molecular formula is C13H21ClN2O2S. The molecule has 0 unspecified atom stereocenters. The van der Waals surface area contributed by atoms with Crippen LogP contribution in [-0.2, 0) is 22.4 Å². The van der Waals surface area contributed by atoms with Crippen LogP contribution < -0.4 is 0 Å². The highest BCUT2D eigenvalue weighted by Gasteiger charge is 2.26. The van der Waals surface area contributed by atoms with E-state index in [9.17, 15) is 8.42 Å². The highest BCUT2D eigenvalue weighted by atomic mass is 35.5. The van der Waals surface area contributed by atoms with Gasteiger partial charge < -0.3 is 4.57 Å². The van der Waals surface area contributed by atoms with Crippen molar-refractivity contribution in [3.05, 3.63) is 18.0 Å². The first-order valence-electron chi connectivity index (χ1n) is 6.84. The van der Waals surface area contributed by atoms with Crippen LogP contribution in [0.2, 0.25) is 0 Å². The van der Waals surface area contributed by atoms with E-state index in [0.717, 1.165) is 37.9 Å². The number of aromatic nitrogens is 1. The third-order valence-electron chi connectivity index (χ3n) is 3.64. The lowest BCUT2D eigenvalue weighted by molar-refractivity contribution is 0.423. The monoisotopic (exact) mass is 304 g/mol. The van der Waals surface area contributed by atoms with Crippen LogP contribution >= 0.6 is 11.6 Å². The Labute approximate surface area is 120 Å². The Morgan fingerprint density at radius 3 is 2.32 bits per heavy atom. The Morgan fingerprint density at radius 2 is 1.84 bits per heavy atom. The van der Waals surface area contributed by atoms with Gasteiger partial charge in [-0.05, 0) is 25.8 Å². The van der Waals surface area contributed by atoms with Gasteiger partial charge in [0.2, 0.25) is 10.0 Å². The van der Waals surface area contributed by atoms with E-state index < -0.39 is 10.0 Å². The first kappa shape index (κ1) is 14.9. The van der Waals surface area contributed by atoms with Gasteiger partial charge in [-0.2, -0.15) is 4.31 Å². The molecule has 0 aromatic carbocycles. The number of aryl methyl sites for hydroxylation is 1. The van der Waals surface area contributed by atoms with Crippen molar-refractivity contribution in [2.45, 2.75) is 49.9 Å². The van der Waals surface area contributed by atoms with Crippen molar-refractivity contribution < 1.29 is 8.42 Å². The van der Waals surface area contributed by atoms with Crippen LogP contribution in [0.3, 0.4) is 0 Å². The Bertz CT molecular complexity index is 495. The van der Waals surface area contributed by atoms with E-state index in [1.54, 1.807) is 16.6 Å². The molecule has 0 saturated carbocycles. The van der Waals surface area contributed by atoms with Crippen molar-refractivity contribution in [1.82, 2.24) is 8.87 Å². The Kier molecular flexibility index (Phi) is 4.92. The molecule has 1 saturated heterocycles. The highest BCUT2D eigenvalue weighted by Crippen LogP contribution is 2.23. The van der Waals surface area contributed by atoms with Gasteiger partial charge in [0, 0.05) is 31.5 Å². The zero-order valence-electron chi connectivity index (χ0n) is 11.3. The summed E-state index contributed by atoms with van der Waals surface area (Å²) in [7, 11) is -3.35. The number of halogens is 1. The summed E-state index contributed by atoms with van der Waals surface area (Å²) in [6.07, 6.45) is 5.86. The van der Waals surface area contributed by atoms with E-state index in [4.69, 9.17) is 11.6 Å². The van der Waals surface area contributed by atoms with E-state index in [1.165, 1.54) is 0 Å². The molecule has 2 rings (SSSR count). The molecule has 1 fully saturated rings. The average Bonchev–Trinajstić information content (AvgIpc) is 2.63. The molecule has 1 aliphatic heterocycles. The highest BCUT2D eigenvalue weighted by molar-refractivity contribution is 7.89. The molecule has 0 bridgehead atoms. The normalized spacial score (nSPS) is 18.4. The fourth-order valence-corrected chi connectivity index (χ4v) is 4.32. The predicted octanol–water partition coefficient (Wildman–Crippen LogP) is 2.81. The number of sulfonamides is 1. The predicted molar refractivity (Wildman–Crippen MR) is 76.9 cm³/mol. The summed E-state index contributed by atoms with van der Waals surface area (Å²) < 4.78 is 28.7. The third kappa shape index (κ3) is 3.15. The van der Waals surface area contributed by atoms with Crippen LogP contribution in [0.25, 0.3) is 0 Å². The standard InChI is InChI=1S/C13H21ClN2O2S/c1-2-15-11-13(9-12(15)10-14)19(17,18)16-7-5-3-4-6-8-16/h9,11H,2-8,10H2,1H3. The largest absolute Gasteiger partial charge is 0.349 e. The molecule has 0 spiro atoms. The van der Waals surface area contributed by atoms with Crippen molar-refractivity contribution in [3.8, 4) is 0 Å². The van der Waals surface area contributed by atoms with Gasteiger partial charge in [0.25, 0.3) is 0 Å². The Balaban J connectivity index is 2.30. The average molecular weight is 305 g/mol. The van der Waals surface area contributed by atoms with Crippen LogP contribution in [0.4, 0.5) is 0 Å². The summed E-state index contributed by atoms with van der Waals surface area (Å²) in [6, 6.07) is 1.71. The van der Waals surface area contributed by atoms with Gasteiger partial charge in [-0.15, -0.1) is 11.6 Å². The van der Waals surface area contributed by atoms with Crippen molar-refractivity contribution in [3.63, 3.8) is 0 Å². The van der Waals surface area contributed by atoms with Gasteiger partial charge in [-0.3, -0.25) is 0 Å². The maximum atomic E-state index is 12.6. The van der Waals surface area contributed by atoms with E-state index in [1.807, 2.05) is 11.5 Å². The zero-order chi connectivity index (χ0) is 13.9. The lowest BCUT2D eigenvalue weighted by Crippen LogP contribution is -2.31. The second-order valence-corrected chi connectivity index (χ2v) is 7.11. The topological polar surface area (TPSA) is 42.3 Å². The fraction of sp³-hybridized carbons (Fsp3) is 0.692. The maximum absolute atomic E-state index is 12.6. The van der Waals surface area contributed by atoms with E-state index in [2.05, 4.69) is 0 Å². The molecule has 4 nitrogen and oxygen atoms in total. The van der Waals surface area contributed by atoms with Gasteiger partial charge in [-0.25, -0.2) is 8.42 Å². The first-order valence-corrected chi connectivity index (χ1v) is 8.82. The van der Waals surface area contributed by atoms with Gasteiger partial charge in [0.05, 0.1) is 5.88 Å². The van der Waals surface area contributed by atoms with Crippen molar-refractivity contribution in [2.24, 2.45) is 0 Å². The summed E-state index contributed by atoms with van der Waals surface area (Å²) in [5.74, 6) is 0.337. The summed E-state index contributed by atoms with van der Waals surface area (Å²) >= 11 is 5.86. The van der Waals surface area contributed by atoms with Crippen molar-refractivity contribution in [2.75, 3.05) is 13.1 Å². The SMILES string of the molecule is CCn1cc(S(=O)(=O)N2CCCCCC2)cc1CCl. The maximum Gasteiger partial charge on any atom is 0.244 e. The van der Waals surface area contributed by atoms with Crippen LogP contribution in [-0.4, -0.2) is 30.4 Å². The molecule has 0 radical (unpaired) electrons. The lowest BCUT2D eigenvalue weighted by atomic mass is 10.2. The first-order chi connectivity index (χ1) is 9.09. The lowest BCUT2D eigenvalue weighted by Gasteiger charge is -2.18. The minimum absolute atomic E-state index is 0.337. The number of rotatable bonds is 4. The third-order valence-corrected chi connectivity index (χ3v) is 5.78. The molecular weight excluding hydrogens is 284 g/mol. The van der Waals surface area contributed by atoms with Crippen LogP contribution in [0.5, 0.6) is 0 Å². The van der Waals surface area contributed by atoms with Gasteiger partial charge in [0.1, 0.15) is 4.90 Å². The van der Waals surface area contributed by atoms with Gasteiger partial charge >= 0.3 is 0 Å². The van der Waals surface area contributed by atoms with E-state index >= 15 is 0 Å². The van der Waals surface area contributed by atoms with Gasteiger partial charge in [-0.1, -0.05) is 12.8 Å². The molecule has 0 atom stereocenters. The van der Waals surface area contributed by atoms with Gasteiger partial charge in [0.15, 0.2) is 0 Å². The van der Waals surface area contributed by atoms with E-state index in [0.29, 0.717) is 23.9 Å². The van der Waals surface area contributed by atoms with Crippen LogP contribution in [0.1, 0.15) is 38.3 Å². The fourth-order valence-electron chi connectivity index (χ4n) is 2.50. The molecule has 0 amide bonds. The summed E-state index contributed by atoms with van der Waals surface area (Å²) in [4.78, 5) is 0.381. The molecule has 1 aromatic rings. The number of hydrogen-bond donors (Lipinski definition) is 0. The van der Waals surface area contributed by atoms with Crippen molar-refractivity contribution in [1.29, 1.82) is 0 Å². The Hall–Kier alpha value is -0.520. The second kappa shape index (κ2) is 6.29. The molecule has 19 heavy (non-hydrogen) atoms. The number of alkyl halides is 1. The number of nitrogens with zero attached hydrogens (tertiary/aromatic N) is 2. The quantitative estimate of drug-likeness (QED) is 0.803. The molecule has 108 valence electrons. The molecule has 6 heteroatoms. The van der Waals surface area contributed by atoms with Crippen molar-refractivity contribution >= 4 is 21.6 Å². The summed E-state index contributed by atoms with van der Waals surface area (Å²) in [6.45, 7) is 3.99. The summed E-state index contributed by atoms with van der Waals surface area (Å²) in [5.41, 5.74) is 0.859. The second-order valence-electron chi connectivity index (χ2n) is 4.91. The van der Waals surface area contributed by atoms with Crippen LogP contribution in [0, 0.1) is 0 Å². The molecule has 2 heterocycles. The zero-order valence-corrected chi connectivity index (χ0v) is 12.9. The smallest absolute Gasteiger partial charge is 0.244 e. The molecule has 0 aliphatic carbocycles. The van der Waals surface area contributed by atoms with E-state index in [-0.39, 0.29) is 0 Å². The minimum Gasteiger partial charge on any atom is -0.349 e. The molecule has 1 aliphatic rings. The van der Waals surface area contributed by atoms with Crippen LogP contribution in [0.15, 0.2) is 17.2 Å². The molecule has 0 N–H and O–H groups in total. The Morgan fingerprint density at radius 1 is 1.21 bits per heavy atom. The minimum atomic E-state index is -3.35. The number of hydrogen-bond acceptors (Lipinski definition) is 2. The molecule has 1 aromatic heterocycles.